The molecule has 1 saturated carbocycles. The number of rotatable bonds is 5. The first kappa shape index (κ1) is 26.6. The molecule has 3 aromatic rings. The summed E-state index contributed by atoms with van der Waals surface area (Å²) in [6.07, 6.45) is 4.94. The predicted octanol–water partition coefficient (Wildman–Crippen LogP) is 5.39. The molecule has 3 heterocycles. The normalized spacial score (nSPS) is 21.1. The van der Waals surface area contributed by atoms with Crippen LogP contribution < -0.4 is 10.2 Å². The van der Waals surface area contributed by atoms with Gasteiger partial charge in [0.25, 0.3) is 0 Å². The number of halogens is 2. The van der Waals surface area contributed by atoms with E-state index in [-0.39, 0.29) is 30.9 Å². The maximum Gasteiger partial charge on any atom is 0.416 e. The zero-order chi connectivity index (χ0) is 22.8. The minimum Gasteiger partial charge on any atom is -0.441 e. The number of hydrogen-bond donors (Lipinski definition) is 1. The average molecular weight is 517 g/mol. The summed E-state index contributed by atoms with van der Waals surface area (Å²) in [4.78, 5) is 14.0. The van der Waals surface area contributed by atoms with Gasteiger partial charge in [0.05, 0.1) is 12.2 Å². The van der Waals surface area contributed by atoms with Crippen LogP contribution in [0.4, 0.5) is 16.4 Å². The van der Waals surface area contributed by atoms with Gasteiger partial charge >= 0.3 is 6.09 Å². The van der Waals surface area contributed by atoms with E-state index >= 15 is 0 Å². The molecule has 0 radical (unpaired) electrons. The van der Waals surface area contributed by atoms with Crippen LogP contribution in [0.5, 0.6) is 0 Å². The van der Waals surface area contributed by atoms with E-state index in [0.717, 1.165) is 49.3 Å². The standard InChI is InChI=1S/C25H28N6O2.2ClH/c1-17-12-18(2)14-20(13-17)21-5-6-22(29-28-21)26-15-19-7-9-25(10-8-19)16-31(24(32)33-25)23-4-3-11-27-30-23;;/h3-6,11-14,19H,7-10,15-16H2,1-2H3,(H,26,29);2*1H. The first-order chi connectivity index (χ1) is 16.0. The lowest BCUT2D eigenvalue weighted by atomic mass is 9.78. The van der Waals surface area contributed by atoms with Crippen LogP contribution >= 0.6 is 24.8 Å². The van der Waals surface area contributed by atoms with Crippen molar-refractivity contribution in [3.63, 3.8) is 0 Å². The van der Waals surface area contributed by atoms with Gasteiger partial charge in [-0.05, 0) is 81.8 Å². The van der Waals surface area contributed by atoms with E-state index in [4.69, 9.17) is 4.74 Å². The molecular weight excluding hydrogens is 487 g/mol. The number of hydrogen-bond acceptors (Lipinski definition) is 7. The minimum absolute atomic E-state index is 0. The summed E-state index contributed by atoms with van der Waals surface area (Å²) in [6.45, 7) is 5.55. The second-order valence-corrected chi connectivity index (χ2v) is 9.22. The number of anilines is 2. The number of aryl methyl sites for hydroxylation is 2. The van der Waals surface area contributed by atoms with Gasteiger partial charge in [-0.1, -0.05) is 17.2 Å². The smallest absolute Gasteiger partial charge is 0.416 e. The zero-order valence-corrected chi connectivity index (χ0v) is 21.4. The lowest BCUT2D eigenvalue weighted by molar-refractivity contribution is 0.0148. The third kappa shape index (κ3) is 6.00. The number of benzene rings is 1. The van der Waals surface area contributed by atoms with Crippen molar-refractivity contribution in [1.29, 1.82) is 0 Å². The van der Waals surface area contributed by atoms with Gasteiger partial charge in [-0.3, -0.25) is 4.90 Å². The van der Waals surface area contributed by atoms with Crippen molar-refractivity contribution in [1.82, 2.24) is 20.4 Å². The Morgan fingerprint density at radius 3 is 2.40 bits per heavy atom. The Balaban J connectivity index is 0.00000171. The van der Waals surface area contributed by atoms with Crippen molar-refractivity contribution in [2.24, 2.45) is 5.92 Å². The Morgan fingerprint density at radius 2 is 1.77 bits per heavy atom. The molecule has 1 aliphatic carbocycles. The van der Waals surface area contributed by atoms with Gasteiger partial charge in [0, 0.05) is 18.3 Å². The molecule has 1 spiro atoms. The summed E-state index contributed by atoms with van der Waals surface area (Å²) in [5.74, 6) is 1.83. The SMILES string of the molecule is Cc1cc(C)cc(-c2ccc(NCC3CCC4(CC3)CN(c3cccnn3)C(=O)O4)nn2)c1.Cl.Cl. The summed E-state index contributed by atoms with van der Waals surface area (Å²) in [5.41, 5.74) is 3.99. The van der Waals surface area contributed by atoms with Crippen LogP contribution in [0, 0.1) is 19.8 Å². The molecule has 2 aromatic heterocycles. The molecule has 2 aliphatic rings. The highest BCUT2D eigenvalue weighted by molar-refractivity contribution is 5.89. The maximum atomic E-state index is 12.4. The van der Waals surface area contributed by atoms with Crippen molar-refractivity contribution in [2.45, 2.75) is 45.1 Å². The third-order valence-electron chi connectivity index (χ3n) is 6.58. The fraction of sp³-hybridized carbons (Fsp3) is 0.400. The van der Waals surface area contributed by atoms with Gasteiger partial charge in [-0.25, -0.2) is 4.79 Å². The van der Waals surface area contributed by atoms with E-state index in [1.807, 2.05) is 12.1 Å². The number of carbonyl (C=O) groups excluding carboxylic acids is 1. The molecule has 5 rings (SSSR count). The monoisotopic (exact) mass is 516 g/mol. The molecule has 1 saturated heterocycles. The van der Waals surface area contributed by atoms with E-state index in [0.29, 0.717) is 18.3 Å². The van der Waals surface area contributed by atoms with E-state index < -0.39 is 5.60 Å². The first-order valence-corrected chi connectivity index (χ1v) is 11.4. The highest BCUT2D eigenvalue weighted by atomic mass is 35.5. The second-order valence-electron chi connectivity index (χ2n) is 9.22. The van der Waals surface area contributed by atoms with Crippen LogP contribution in [-0.2, 0) is 4.74 Å². The quantitative estimate of drug-likeness (QED) is 0.485. The highest BCUT2D eigenvalue weighted by Crippen LogP contribution is 2.40. The van der Waals surface area contributed by atoms with E-state index in [1.165, 1.54) is 11.1 Å². The summed E-state index contributed by atoms with van der Waals surface area (Å²) in [7, 11) is 0. The first-order valence-electron chi connectivity index (χ1n) is 11.4. The molecule has 1 aliphatic heterocycles. The summed E-state index contributed by atoms with van der Waals surface area (Å²) >= 11 is 0. The topological polar surface area (TPSA) is 93.1 Å². The summed E-state index contributed by atoms with van der Waals surface area (Å²) in [5, 5.41) is 20.1. The molecule has 0 atom stereocenters. The largest absolute Gasteiger partial charge is 0.441 e. The highest BCUT2D eigenvalue weighted by Gasteiger charge is 2.48. The number of aromatic nitrogens is 4. The molecule has 0 bridgehead atoms. The number of nitrogens with zero attached hydrogens (tertiary/aromatic N) is 5. The van der Waals surface area contributed by atoms with Crippen LogP contribution in [0.3, 0.4) is 0 Å². The Morgan fingerprint density at radius 1 is 1.03 bits per heavy atom. The molecule has 0 unspecified atom stereocenters. The van der Waals surface area contributed by atoms with Crippen molar-refractivity contribution in [3.05, 3.63) is 59.8 Å². The maximum absolute atomic E-state index is 12.4. The number of nitrogens with one attached hydrogen (secondary N) is 1. The second kappa shape index (κ2) is 11.2. The van der Waals surface area contributed by atoms with Crippen molar-refractivity contribution >= 4 is 42.5 Å². The molecule has 35 heavy (non-hydrogen) atoms. The van der Waals surface area contributed by atoms with Gasteiger partial charge in [0.2, 0.25) is 0 Å². The van der Waals surface area contributed by atoms with Gasteiger partial charge < -0.3 is 10.1 Å². The third-order valence-corrected chi connectivity index (χ3v) is 6.58. The molecule has 1 amide bonds. The molecule has 186 valence electrons. The van der Waals surface area contributed by atoms with E-state index in [2.05, 4.69) is 57.8 Å². The fourth-order valence-electron chi connectivity index (χ4n) is 4.86. The van der Waals surface area contributed by atoms with Crippen LogP contribution in [0.15, 0.2) is 48.7 Å². The molecule has 8 nitrogen and oxygen atoms in total. The van der Waals surface area contributed by atoms with Gasteiger partial charge in [-0.15, -0.1) is 40.1 Å². The molecule has 1 aromatic carbocycles. The van der Waals surface area contributed by atoms with Crippen molar-refractivity contribution < 1.29 is 9.53 Å². The molecule has 1 N–H and O–H groups in total. The van der Waals surface area contributed by atoms with Crippen molar-refractivity contribution in [2.75, 3.05) is 23.3 Å². The van der Waals surface area contributed by atoms with Crippen LogP contribution in [0.1, 0.15) is 36.8 Å². The van der Waals surface area contributed by atoms with E-state index in [1.54, 1.807) is 23.2 Å². The fourth-order valence-corrected chi connectivity index (χ4v) is 4.86. The Hall–Kier alpha value is -2.97. The summed E-state index contributed by atoms with van der Waals surface area (Å²) < 4.78 is 5.82. The molecular formula is C25H30Cl2N6O2. The number of amides is 1. The average Bonchev–Trinajstić information content (AvgIpc) is 3.14. The Bertz CT molecular complexity index is 1120. The molecule has 2 fully saturated rings. The summed E-state index contributed by atoms with van der Waals surface area (Å²) in [6, 6.07) is 14.0. The number of carbonyl (C=O) groups is 1. The lowest BCUT2D eigenvalue weighted by Crippen LogP contribution is -2.39. The van der Waals surface area contributed by atoms with E-state index in [9.17, 15) is 4.79 Å². The number of ether oxygens (including phenoxy) is 1. The van der Waals surface area contributed by atoms with Crippen LogP contribution in [0.2, 0.25) is 0 Å². The predicted molar refractivity (Wildman–Crippen MR) is 140 cm³/mol. The Kier molecular flexibility index (Phi) is 8.51. The lowest BCUT2D eigenvalue weighted by Gasteiger charge is -2.35. The minimum atomic E-state index is -0.418. The Labute approximate surface area is 217 Å². The molecule has 10 heteroatoms. The van der Waals surface area contributed by atoms with Crippen molar-refractivity contribution in [3.8, 4) is 11.3 Å². The van der Waals surface area contributed by atoms with Gasteiger partial charge in [0.15, 0.2) is 5.82 Å². The zero-order valence-electron chi connectivity index (χ0n) is 19.8. The van der Waals surface area contributed by atoms with Crippen LogP contribution in [0.25, 0.3) is 11.3 Å². The van der Waals surface area contributed by atoms with Gasteiger partial charge in [0.1, 0.15) is 11.4 Å². The van der Waals surface area contributed by atoms with Crippen LogP contribution in [-0.4, -0.2) is 45.2 Å². The van der Waals surface area contributed by atoms with Gasteiger partial charge in [-0.2, -0.15) is 5.10 Å².